The molecule has 1 N–H and O–H groups in total. The zero-order valence-corrected chi connectivity index (χ0v) is 13.2. The molecular formula is C16H25NO2S. The number of hydrogen-bond acceptors (Lipinski definition) is 3. The molecule has 1 unspecified atom stereocenters. The second kappa shape index (κ2) is 6.72. The van der Waals surface area contributed by atoms with Crippen molar-refractivity contribution < 1.29 is 8.42 Å². The molecule has 1 saturated carbocycles. The number of nitrogens with one attached hydrogen (secondary N) is 1. The molecule has 0 radical (unpaired) electrons. The van der Waals surface area contributed by atoms with E-state index < -0.39 is 9.84 Å². The Morgan fingerprint density at radius 2 is 1.80 bits per heavy atom. The molecule has 0 aromatic heterocycles. The molecule has 1 fully saturated rings. The zero-order chi connectivity index (χ0) is 14.6. The van der Waals surface area contributed by atoms with Gasteiger partial charge < -0.3 is 5.32 Å². The van der Waals surface area contributed by atoms with E-state index >= 15 is 0 Å². The van der Waals surface area contributed by atoms with Crippen molar-refractivity contribution in [3.63, 3.8) is 0 Å². The average Bonchev–Trinajstić information content (AvgIpc) is 2.68. The number of rotatable bonds is 4. The predicted octanol–water partition coefficient (Wildman–Crippen LogP) is 3.32. The molecule has 112 valence electrons. The van der Waals surface area contributed by atoms with Gasteiger partial charge in [-0.05, 0) is 43.5 Å². The van der Waals surface area contributed by atoms with Crippen LogP contribution >= 0.6 is 0 Å². The third kappa shape index (κ3) is 3.83. The van der Waals surface area contributed by atoms with Crippen LogP contribution in [0.5, 0.6) is 0 Å². The Balaban J connectivity index is 2.26. The highest BCUT2D eigenvalue weighted by Gasteiger charge is 2.23. The van der Waals surface area contributed by atoms with Crippen molar-refractivity contribution in [1.82, 2.24) is 5.32 Å². The lowest BCUT2D eigenvalue weighted by Crippen LogP contribution is -2.25. The Morgan fingerprint density at radius 1 is 1.15 bits per heavy atom. The van der Waals surface area contributed by atoms with E-state index in [4.69, 9.17) is 0 Å². The smallest absolute Gasteiger partial charge is 0.175 e. The molecule has 1 atom stereocenters. The number of benzene rings is 1. The van der Waals surface area contributed by atoms with Crippen LogP contribution in [0.25, 0.3) is 0 Å². The van der Waals surface area contributed by atoms with Gasteiger partial charge in [0.1, 0.15) is 0 Å². The minimum absolute atomic E-state index is 0.259. The summed E-state index contributed by atoms with van der Waals surface area (Å²) in [6.07, 6.45) is 8.96. The second-order valence-electron chi connectivity index (χ2n) is 5.86. The van der Waals surface area contributed by atoms with Gasteiger partial charge in [0.2, 0.25) is 0 Å². The monoisotopic (exact) mass is 295 g/mol. The first kappa shape index (κ1) is 15.5. The summed E-state index contributed by atoms with van der Waals surface area (Å²) < 4.78 is 23.4. The van der Waals surface area contributed by atoms with E-state index in [1.54, 1.807) is 6.07 Å². The molecule has 3 nitrogen and oxygen atoms in total. The van der Waals surface area contributed by atoms with Gasteiger partial charge in [-0.1, -0.05) is 37.8 Å². The quantitative estimate of drug-likeness (QED) is 0.867. The van der Waals surface area contributed by atoms with Crippen molar-refractivity contribution >= 4 is 9.84 Å². The highest BCUT2D eigenvalue weighted by Crippen LogP contribution is 2.33. The van der Waals surface area contributed by atoms with Crippen molar-refractivity contribution in [3.05, 3.63) is 29.8 Å². The van der Waals surface area contributed by atoms with E-state index in [1.807, 2.05) is 25.2 Å². The van der Waals surface area contributed by atoms with Gasteiger partial charge in [-0.3, -0.25) is 0 Å². The Bertz CT molecular complexity index is 531. The molecular weight excluding hydrogens is 270 g/mol. The van der Waals surface area contributed by atoms with E-state index in [1.165, 1.54) is 44.8 Å². The first-order valence-corrected chi connectivity index (χ1v) is 9.39. The molecule has 1 aromatic carbocycles. The summed E-state index contributed by atoms with van der Waals surface area (Å²) in [4.78, 5) is 0.420. The average molecular weight is 295 g/mol. The van der Waals surface area contributed by atoms with Gasteiger partial charge in [-0.15, -0.1) is 0 Å². The van der Waals surface area contributed by atoms with Crippen molar-refractivity contribution in [2.75, 3.05) is 13.3 Å². The van der Waals surface area contributed by atoms with Crippen molar-refractivity contribution in [1.29, 1.82) is 0 Å². The lowest BCUT2D eigenvalue weighted by atomic mass is 9.87. The lowest BCUT2D eigenvalue weighted by molar-refractivity contribution is 0.341. The fraction of sp³-hybridized carbons (Fsp3) is 0.625. The maximum Gasteiger partial charge on any atom is 0.175 e. The summed E-state index contributed by atoms with van der Waals surface area (Å²) in [5, 5.41) is 3.40. The van der Waals surface area contributed by atoms with E-state index in [9.17, 15) is 8.42 Å². The molecule has 0 heterocycles. The molecule has 4 heteroatoms. The summed E-state index contributed by atoms with van der Waals surface area (Å²) in [6.45, 7) is 0. The molecule has 2 rings (SSSR count). The summed E-state index contributed by atoms with van der Waals surface area (Å²) in [7, 11) is -1.16. The third-order valence-electron chi connectivity index (χ3n) is 4.33. The molecule has 0 bridgehead atoms. The standard InChI is InChI=1S/C16H25NO2S/c1-17-16(13-8-5-3-4-6-9-13)14-10-7-11-15(12-14)20(2,18)19/h7,10-13,16-17H,3-6,8-9H2,1-2H3. The highest BCUT2D eigenvalue weighted by molar-refractivity contribution is 7.90. The molecule has 20 heavy (non-hydrogen) atoms. The van der Waals surface area contributed by atoms with Crippen LogP contribution < -0.4 is 5.32 Å². The Hall–Kier alpha value is -0.870. The van der Waals surface area contributed by atoms with Gasteiger partial charge in [0.25, 0.3) is 0 Å². The summed E-state index contributed by atoms with van der Waals surface area (Å²) >= 11 is 0. The molecule has 0 amide bonds. The van der Waals surface area contributed by atoms with Crippen LogP contribution in [-0.2, 0) is 9.84 Å². The number of hydrogen-bond donors (Lipinski definition) is 1. The Labute approximate surface area is 122 Å². The largest absolute Gasteiger partial charge is 0.313 e. The van der Waals surface area contributed by atoms with Crippen LogP contribution in [-0.4, -0.2) is 21.7 Å². The van der Waals surface area contributed by atoms with Crippen LogP contribution in [0, 0.1) is 5.92 Å². The molecule has 1 aliphatic carbocycles. The van der Waals surface area contributed by atoms with Crippen molar-refractivity contribution in [3.8, 4) is 0 Å². The van der Waals surface area contributed by atoms with Gasteiger partial charge in [0.05, 0.1) is 4.90 Å². The maximum atomic E-state index is 11.7. The zero-order valence-electron chi connectivity index (χ0n) is 12.4. The van der Waals surface area contributed by atoms with Gasteiger partial charge in [-0.2, -0.15) is 0 Å². The van der Waals surface area contributed by atoms with Crippen molar-refractivity contribution in [2.24, 2.45) is 5.92 Å². The fourth-order valence-corrected chi connectivity index (χ4v) is 3.93. The summed E-state index contributed by atoms with van der Waals surface area (Å²) in [5.74, 6) is 0.609. The molecule has 0 saturated heterocycles. The Kier molecular flexibility index (Phi) is 5.22. The second-order valence-corrected chi connectivity index (χ2v) is 7.88. The number of sulfone groups is 1. The van der Waals surface area contributed by atoms with Gasteiger partial charge in [0.15, 0.2) is 9.84 Å². The molecule has 0 aliphatic heterocycles. The molecule has 1 aliphatic rings. The minimum atomic E-state index is -3.13. The predicted molar refractivity (Wildman–Crippen MR) is 82.5 cm³/mol. The Morgan fingerprint density at radius 3 is 2.35 bits per heavy atom. The van der Waals surface area contributed by atoms with Crippen LogP contribution in [0.2, 0.25) is 0 Å². The normalized spacial score (nSPS) is 19.5. The summed E-state index contributed by atoms with van der Waals surface area (Å²) in [5.41, 5.74) is 1.10. The highest BCUT2D eigenvalue weighted by atomic mass is 32.2. The van der Waals surface area contributed by atoms with Crippen LogP contribution in [0.4, 0.5) is 0 Å². The fourth-order valence-electron chi connectivity index (χ4n) is 3.26. The summed E-state index contributed by atoms with van der Waals surface area (Å²) in [6, 6.07) is 7.67. The van der Waals surface area contributed by atoms with E-state index in [2.05, 4.69) is 5.32 Å². The third-order valence-corrected chi connectivity index (χ3v) is 5.44. The van der Waals surface area contributed by atoms with E-state index in [-0.39, 0.29) is 6.04 Å². The minimum Gasteiger partial charge on any atom is -0.313 e. The molecule has 1 aromatic rings. The SMILES string of the molecule is CNC(c1cccc(S(C)(=O)=O)c1)C1CCCCCC1. The first-order valence-electron chi connectivity index (χ1n) is 7.49. The van der Waals surface area contributed by atoms with Gasteiger partial charge in [0, 0.05) is 12.3 Å². The van der Waals surface area contributed by atoms with E-state index in [0.29, 0.717) is 10.8 Å². The lowest BCUT2D eigenvalue weighted by Gasteiger charge is -2.26. The van der Waals surface area contributed by atoms with Gasteiger partial charge in [-0.25, -0.2) is 8.42 Å². The first-order chi connectivity index (χ1) is 9.52. The van der Waals surface area contributed by atoms with Crippen LogP contribution in [0.1, 0.15) is 50.1 Å². The topological polar surface area (TPSA) is 46.2 Å². The van der Waals surface area contributed by atoms with E-state index in [0.717, 1.165) is 5.56 Å². The molecule has 0 spiro atoms. The maximum absolute atomic E-state index is 11.7. The van der Waals surface area contributed by atoms with Crippen LogP contribution in [0.3, 0.4) is 0 Å². The van der Waals surface area contributed by atoms with Crippen molar-refractivity contribution in [2.45, 2.75) is 49.5 Å². The van der Waals surface area contributed by atoms with Crippen LogP contribution in [0.15, 0.2) is 29.2 Å². The van der Waals surface area contributed by atoms with Gasteiger partial charge >= 0.3 is 0 Å².